The summed E-state index contributed by atoms with van der Waals surface area (Å²) in [6.07, 6.45) is 0. The maximum atomic E-state index is 5.50. The molecule has 0 unspecified atom stereocenters. The maximum absolute atomic E-state index is 5.50. The van der Waals surface area contributed by atoms with Crippen LogP contribution >= 0.6 is 0 Å². The monoisotopic (exact) mass is 250 g/mol. The van der Waals surface area contributed by atoms with Crippen LogP contribution < -0.4 is 19.9 Å². The van der Waals surface area contributed by atoms with Gasteiger partial charge in [-0.15, -0.1) is 0 Å². The van der Waals surface area contributed by atoms with Crippen LogP contribution in [0.5, 0.6) is 17.2 Å². The van der Waals surface area contributed by atoms with Crippen LogP contribution in [0.1, 0.15) is 0 Å². The van der Waals surface area contributed by atoms with Crippen LogP contribution in [-0.2, 0) is 0 Å². The minimum absolute atomic E-state index is 0.249. The minimum Gasteiger partial charge on any atom is -0.493 e. The molecule has 2 aromatic rings. The molecule has 6 heteroatoms. The van der Waals surface area contributed by atoms with Crippen molar-refractivity contribution in [1.29, 1.82) is 0 Å². The Bertz CT molecular complexity index is 526. The summed E-state index contributed by atoms with van der Waals surface area (Å²) in [4.78, 5) is 0. The second-order valence-electron chi connectivity index (χ2n) is 3.53. The van der Waals surface area contributed by atoms with Gasteiger partial charge in [-0.1, -0.05) is 5.16 Å². The first-order valence-corrected chi connectivity index (χ1v) is 5.22. The number of hydrogen-bond donors (Lipinski definition) is 1. The van der Waals surface area contributed by atoms with E-state index >= 15 is 0 Å². The molecule has 0 aliphatic carbocycles. The Balaban J connectivity index is 2.56. The molecule has 1 aromatic carbocycles. The Morgan fingerprint density at radius 1 is 1.00 bits per heavy atom. The van der Waals surface area contributed by atoms with Crippen molar-refractivity contribution in [3.8, 4) is 28.5 Å². The molecule has 2 N–H and O–H groups in total. The second-order valence-corrected chi connectivity index (χ2v) is 3.53. The van der Waals surface area contributed by atoms with Crippen LogP contribution in [0.15, 0.2) is 22.7 Å². The van der Waals surface area contributed by atoms with Crippen molar-refractivity contribution in [3.05, 3.63) is 18.2 Å². The van der Waals surface area contributed by atoms with Crippen molar-refractivity contribution in [2.45, 2.75) is 0 Å². The van der Waals surface area contributed by atoms with E-state index in [1.54, 1.807) is 39.5 Å². The lowest BCUT2D eigenvalue weighted by molar-refractivity contribution is 0.324. The van der Waals surface area contributed by atoms with Gasteiger partial charge in [0.2, 0.25) is 11.6 Å². The molecule has 96 valence electrons. The van der Waals surface area contributed by atoms with Gasteiger partial charge in [-0.25, -0.2) is 0 Å². The third-order valence-corrected chi connectivity index (χ3v) is 2.49. The van der Waals surface area contributed by atoms with Gasteiger partial charge in [-0.05, 0) is 12.1 Å². The van der Waals surface area contributed by atoms with Gasteiger partial charge in [-0.2, -0.15) is 0 Å². The zero-order valence-electron chi connectivity index (χ0n) is 10.4. The van der Waals surface area contributed by atoms with Crippen molar-refractivity contribution in [2.24, 2.45) is 0 Å². The fourth-order valence-corrected chi connectivity index (χ4v) is 1.65. The average Bonchev–Trinajstić information content (AvgIpc) is 2.83. The molecule has 0 fully saturated rings. The van der Waals surface area contributed by atoms with Crippen LogP contribution in [0.25, 0.3) is 11.3 Å². The van der Waals surface area contributed by atoms with E-state index in [1.165, 1.54) is 0 Å². The number of methoxy groups -OCH3 is 3. The van der Waals surface area contributed by atoms with Crippen molar-refractivity contribution in [1.82, 2.24) is 5.16 Å². The Labute approximate surface area is 104 Å². The van der Waals surface area contributed by atoms with Gasteiger partial charge in [0.15, 0.2) is 11.5 Å². The van der Waals surface area contributed by atoms with Gasteiger partial charge in [0.25, 0.3) is 0 Å². The molecular weight excluding hydrogens is 236 g/mol. The molecule has 6 nitrogen and oxygen atoms in total. The topological polar surface area (TPSA) is 79.7 Å². The molecule has 2 rings (SSSR count). The Kier molecular flexibility index (Phi) is 3.27. The molecule has 0 bridgehead atoms. The van der Waals surface area contributed by atoms with Crippen LogP contribution in [0.3, 0.4) is 0 Å². The normalized spacial score (nSPS) is 10.2. The predicted molar refractivity (Wildman–Crippen MR) is 66.0 cm³/mol. The third-order valence-electron chi connectivity index (χ3n) is 2.49. The van der Waals surface area contributed by atoms with Gasteiger partial charge in [0.1, 0.15) is 5.69 Å². The Hall–Kier alpha value is -2.37. The third kappa shape index (κ3) is 2.04. The van der Waals surface area contributed by atoms with Gasteiger partial charge in [0, 0.05) is 11.6 Å². The first-order chi connectivity index (χ1) is 8.69. The van der Waals surface area contributed by atoms with Crippen LogP contribution in [0, 0.1) is 0 Å². The summed E-state index contributed by atoms with van der Waals surface area (Å²) >= 11 is 0. The van der Waals surface area contributed by atoms with Crippen LogP contribution in [0.4, 0.5) is 5.88 Å². The molecule has 0 radical (unpaired) electrons. The number of benzene rings is 1. The fourth-order valence-electron chi connectivity index (χ4n) is 1.65. The molecule has 0 saturated heterocycles. The number of nitrogens with zero attached hydrogens (tertiary/aromatic N) is 1. The first-order valence-electron chi connectivity index (χ1n) is 5.22. The predicted octanol–water partition coefficient (Wildman–Crippen LogP) is 1.95. The molecule has 0 atom stereocenters. The average molecular weight is 250 g/mol. The molecule has 1 aromatic heterocycles. The SMILES string of the molecule is COc1cc(-c2cc(N)on2)cc(OC)c1OC. The first kappa shape index (κ1) is 12.1. The number of ether oxygens (including phenoxy) is 3. The maximum Gasteiger partial charge on any atom is 0.222 e. The smallest absolute Gasteiger partial charge is 0.222 e. The van der Waals surface area contributed by atoms with E-state index in [1.807, 2.05) is 0 Å². The highest BCUT2D eigenvalue weighted by molar-refractivity contribution is 5.69. The summed E-state index contributed by atoms with van der Waals surface area (Å²) in [7, 11) is 4.66. The fraction of sp³-hybridized carbons (Fsp3) is 0.250. The molecule has 0 saturated carbocycles. The lowest BCUT2D eigenvalue weighted by Gasteiger charge is -2.13. The molecule has 1 heterocycles. The Morgan fingerprint density at radius 3 is 2.00 bits per heavy atom. The van der Waals surface area contributed by atoms with Gasteiger partial charge < -0.3 is 24.5 Å². The molecule has 0 spiro atoms. The van der Waals surface area contributed by atoms with Gasteiger partial charge >= 0.3 is 0 Å². The number of nitrogens with two attached hydrogens (primary N) is 1. The van der Waals surface area contributed by atoms with E-state index in [2.05, 4.69) is 5.16 Å². The molecule has 0 amide bonds. The highest BCUT2D eigenvalue weighted by Crippen LogP contribution is 2.41. The molecule has 18 heavy (non-hydrogen) atoms. The van der Waals surface area contributed by atoms with E-state index in [4.69, 9.17) is 24.5 Å². The molecular formula is C12H14N2O4. The van der Waals surface area contributed by atoms with Crippen LogP contribution in [-0.4, -0.2) is 26.5 Å². The van der Waals surface area contributed by atoms with E-state index in [9.17, 15) is 0 Å². The second kappa shape index (κ2) is 4.87. The number of hydrogen-bond acceptors (Lipinski definition) is 6. The van der Waals surface area contributed by atoms with Gasteiger partial charge in [-0.3, -0.25) is 0 Å². The quantitative estimate of drug-likeness (QED) is 0.893. The van der Waals surface area contributed by atoms with Gasteiger partial charge in [0.05, 0.1) is 21.3 Å². The van der Waals surface area contributed by atoms with E-state index < -0.39 is 0 Å². The highest BCUT2D eigenvalue weighted by Gasteiger charge is 2.15. The van der Waals surface area contributed by atoms with Crippen molar-refractivity contribution in [2.75, 3.05) is 27.1 Å². The summed E-state index contributed by atoms with van der Waals surface area (Å²) in [5.74, 6) is 1.88. The summed E-state index contributed by atoms with van der Waals surface area (Å²) < 4.78 is 20.6. The zero-order valence-corrected chi connectivity index (χ0v) is 10.4. The minimum atomic E-state index is 0.249. The van der Waals surface area contributed by atoms with Crippen LogP contribution in [0.2, 0.25) is 0 Å². The van der Waals surface area contributed by atoms with E-state index in [0.717, 1.165) is 5.56 Å². The van der Waals surface area contributed by atoms with E-state index in [-0.39, 0.29) is 5.88 Å². The number of rotatable bonds is 4. The number of anilines is 1. The molecule has 0 aliphatic rings. The lowest BCUT2D eigenvalue weighted by Crippen LogP contribution is -1.95. The summed E-state index contributed by atoms with van der Waals surface area (Å²) in [6, 6.07) is 5.18. The summed E-state index contributed by atoms with van der Waals surface area (Å²) in [6.45, 7) is 0. The van der Waals surface area contributed by atoms with Crippen molar-refractivity contribution in [3.63, 3.8) is 0 Å². The number of aromatic nitrogens is 1. The highest BCUT2D eigenvalue weighted by atomic mass is 16.5. The lowest BCUT2D eigenvalue weighted by atomic mass is 10.1. The number of nitrogen functional groups attached to an aromatic ring is 1. The Morgan fingerprint density at radius 2 is 1.61 bits per heavy atom. The molecule has 0 aliphatic heterocycles. The summed E-state index contributed by atoms with van der Waals surface area (Å²) in [5.41, 5.74) is 6.87. The van der Waals surface area contributed by atoms with E-state index in [0.29, 0.717) is 22.9 Å². The standard InChI is InChI=1S/C12H14N2O4/c1-15-9-4-7(8-6-11(13)18-14-8)5-10(16-2)12(9)17-3/h4-6H,13H2,1-3H3. The van der Waals surface area contributed by atoms with Crippen molar-refractivity contribution >= 4 is 5.88 Å². The zero-order chi connectivity index (χ0) is 13.1. The van der Waals surface area contributed by atoms with Crippen molar-refractivity contribution < 1.29 is 18.7 Å². The largest absolute Gasteiger partial charge is 0.493 e. The summed E-state index contributed by atoms with van der Waals surface area (Å²) in [5, 5.41) is 3.84.